The maximum absolute atomic E-state index is 5.34. The van der Waals surface area contributed by atoms with Crippen LogP contribution in [-0.4, -0.2) is 12.6 Å². The van der Waals surface area contributed by atoms with Crippen LogP contribution in [0.1, 0.15) is 66.4 Å². The van der Waals surface area contributed by atoms with Gasteiger partial charge in [-0.25, -0.2) is 0 Å². The Bertz CT molecular complexity index is 700. The fraction of sp³-hybridized carbons (Fsp3) is 0.500. The van der Waals surface area contributed by atoms with Crippen LogP contribution in [0.5, 0.6) is 5.75 Å². The van der Waals surface area contributed by atoms with Crippen molar-refractivity contribution in [1.29, 1.82) is 0 Å². The van der Waals surface area contributed by atoms with Crippen LogP contribution in [0.25, 0.3) is 0 Å². The molecule has 0 N–H and O–H groups in total. The molecule has 0 spiro atoms. The molecule has 0 heterocycles. The van der Waals surface area contributed by atoms with Crippen LogP contribution in [0, 0.1) is 0 Å². The topological polar surface area (TPSA) is 12.5 Å². The lowest BCUT2D eigenvalue weighted by Crippen LogP contribution is -2.40. The van der Waals surface area contributed by atoms with Gasteiger partial charge < -0.3 is 9.64 Å². The molecular weight excluding hydrogens is 318 g/mol. The van der Waals surface area contributed by atoms with Crippen LogP contribution in [0.2, 0.25) is 0 Å². The molecule has 2 aromatic carbocycles. The molecule has 0 aromatic heterocycles. The summed E-state index contributed by atoms with van der Waals surface area (Å²) in [5, 5.41) is 0. The van der Waals surface area contributed by atoms with Crippen LogP contribution in [0.3, 0.4) is 0 Å². The van der Waals surface area contributed by atoms with E-state index in [-0.39, 0.29) is 11.0 Å². The Morgan fingerprint density at radius 3 is 2.08 bits per heavy atom. The van der Waals surface area contributed by atoms with E-state index >= 15 is 0 Å². The quantitative estimate of drug-likeness (QED) is 0.502. The van der Waals surface area contributed by atoms with Crippen molar-refractivity contribution in [3.63, 3.8) is 0 Å². The van der Waals surface area contributed by atoms with E-state index in [1.165, 1.54) is 29.8 Å². The summed E-state index contributed by atoms with van der Waals surface area (Å²) in [6.45, 7) is 13.8. The van der Waals surface area contributed by atoms with Gasteiger partial charge in [-0.3, -0.25) is 0 Å². The molecule has 0 radical (unpaired) electrons. The molecule has 0 aliphatic rings. The summed E-state index contributed by atoms with van der Waals surface area (Å²) in [6.07, 6.45) is 3.44. The highest BCUT2D eigenvalue weighted by Crippen LogP contribution is 2.38. The second-order valence-corrected chi connectivity index (χ2v) is 8.38. The zero-order chi connectivity index (χ0) is 19.4. The van der Waals surface area contributed by atoms with Crippen molar-refractivity contribution in [2.75, 3.05) is 12.0 Å². The van der Waals surface area contributed by atoms with Gasteiger partial charge >= 0.3 is 0 Å². The van der Waals surface area contributed by atoms with E-state index < -0.39 is 0 Å². The Balaban J connectivity index is 2.52. The standard InChI is InChI=1S/C24H35NO/c1-8-17-23(3,4)19-11-10-12-21(18-19)25(24(5,6)9-2)20-13-15-22(26-7)16-14-20/h10-16,18H,8-9,17H2,1-7H3. The van der Waals surface area contributed by atoms with E-state index in [2.05, 4.69) is 82.8 Å². The maximum atomic E-state index is 5.34. The predicted molar refractivity (Wildman–Crippen MR) is 114 cm³/mol. The summed E-state index contributed by atoms with van der Waals surface area (Å²) >= 11 is 0. The van der Waals surface area contributed by atoms with Gasteiger partial charge in [-0.05, 0) is 74.1 Å². The first-order chi connectivity index (χ1) is 12.2. The monoisotopic (exact) mass is 353 g/mol. The summed E-state index contributed by atoms with van der Waals surface area (Å²) in [7, 11) is 1.71. The molecule has 142 valence electrons. The molecule has 0 unspecified atom stereocenters. The molecule has 2 heteroatoms. The number of hydrogen-bond acceptors (Lipinski definition) is 2. The zero-order valence-electron chi connectivity index (χ0n) is 17.6. The number of benzene rings is 2. The minimum atomic E-state index is 0.0160. The fourth-order valence-electron chi connectivity index (χ4n) is 3.57. The summed E-state index contributed by atoms with van der Waals surface area (Å²) in [6, 6.07) is 17.5. The van der Waals surface area contributed by atoms with Gasteiger partial charge in [0.25, 0.3) is 0 Å². The molecule has 26 heavy (non-hydrogen) atoms. The Hall–Kier alpha value is -1.96. The highest BCUT2D eigenvalue weighted by Gasteiger charge is 2.28. The van der Waals surface area contributed by atoms with Gasteiger partial charge in [-0.1, -0.05) is 46.2 Å². The first-order valence-corrected chi connectivity index (χ1v) is 9.80. The lowest BCUT2D eigenvalue weighted by molar-refractivity contribution is 0.414. The lowest BCUT2D eigenvalue weighted by Gasteiger charge is -2.41. The van der Waals surface area contributed by atoms with Crippen molar-refractivity contribution in [2.45, 2.75) is 71.8 Å². The van der Waals surface area contributed by atoms with Crippen molar-refractivity contribution >= 4 is 11.4 Å². The molecule has 0 saturated carbocycles. The van der Waals surface area contributed by atoms with Gasteiger partial charge in [0.15, 0.2) is 0 Å². The number of ether oxygens (including phenoxy) is 1. The molecule has 0 fully saturated rings. The first-order valence-electron chi connectivity index (χ1n) is 9.80. The van der Waals surface area contributed by atoms with Crippen LogP contribution in [-0.2, 0) is 5.41 Å². The van der Waals surface area contributed by atoms with E-state index in [1.807, 2.05) is 12.1 Å². The molecule has 2 rings (SSSR count). The lowest BCUT2D eigenvalue weighted by atomic mass is 9.80. The van der Waals surface area contributed by atoms with E-state index in [9.17, 15) is 0 Å². The number of anilines is 2. The largest absolute Gasteiger partial charge is 0.497 e. The van der Waals surface area contributed by atoms with E-state index in [0.29, 0.717) is 0 Å². The van der Waals surface area contributed by atoms with E-state index in [1.54, 1.807) is 7.11 Å². The van der Waals surface area contributed by atoms with Crippen LogP contribution >= 0.6 is 0 Å². The van der Waals surface area contributed by atoms with Crippen molar-refractivity contribution in [2.24, 2.45) is 0 Å². The average molecular weight is 354 g/mol. The SMILES string of the molecule is CCCC(C)(C)c1cccc(N(c2ccc(OC)cc2)C(C)(C)CC)c1. The van der Waals surface area contributed by atoms with Gasteiger partial charge in [0.1, 0.15) is 5.75 Å². The Morgan fingerprint density at radius 1 is 0.885 bits per heavy atom. The van der Waals surface area contributed by atoms with Gasteiger partial charge in [-0.15, -0.1) is 0 Å². The molecule has 2 aromatic rings. The van der Waals surface area contributed by atoms with Crippen molar-refractivity contribution in [3.05, 3.63) is 54.1 Å². The van der Waals surface area contributed by atoms with Crippen LogP contribution in [0.4, 0.5) is 11.4 Å². The molecule has 0 aliphatic carbocycles. The third-order valence-corrected chi connectivity index (χ3v) is 5.56. The minimum absolute atomic E-state index is 0.0160. The number of nitrogens with zero attached hydrogens (tertiary/aromatic N) is 1. The van der Waals surface area contributed by atoms with Crippen molar-refractivity contribution in [1.82, 2.24) is 0 Å². The molecule has 0 atom stereocenters. The third kappa shape index (κ3) is 4.41. The summed E-state index contributed by atoms with van der Waals surface area (Å²) in [4.78, 5) is 2.46. The van der Waals surface area contributed by atoms with Crippen molar-refractivity contribution < 1.29 is 4.74 Å². The highest BCUT2D eigenvalue weighted by molar-refractivity contribution is 5.67. The first kappa shape index (κ1) is 20.4. The summed E-state index contributed by atoms with van der Waals surface area (Å²) in [5.41, 5.74) is 4.06. The zero-order valence-corrected chi connectivity index (χ0v) is 17.6. The second kappa shape index (κ2) is 8.16. The van der Waals surface area contributed by atoms with Crippen LogP contribution < -0.4 is 9.64 Å². The minimum Gasteiger partial charge on any atom is -0.497 e. The van der Waals surface area contributed by atoms with Gasteiger partial charge in [0.2, 0.25) is 0 Å². The molecule has 0 bridgehead atoms. The average Bonchev–Trinajstić information content (AvgIpc) is 2.62. The number of hydrogen-bond donors (Lipinski definition) is 0. The van der Waals surface area contributed by atoms with E-state index in [0.717, 1.165) is 12.2 Å². The molecule has 0 saturated heterocycles. The second-order valence-electron chi connectivity index (χ2n) is 8.38. The smallest absolute Gasteiger partial charge is 0.119 e. The normalized spacial score (nSPS) is 12.1. The number of rotatable bonds is 8. The highest BCUT2D eigenvalue weighted by atomic mass is 16.5. The number of methoxy groups -OCH3 is 1. The summed E-state index contributed by atoms with van der Waals surface area (Å²) < 4.78 is 5.34. The summed E-state index contributed by atoms with van der Waals surface area (Å²) in [5.74, 6) is 0.890. The third-order valence-electron chi connectivity index (χ3n) is 5.56. The van der Waals surface area contributed by atoms with Crippen LogP contribution in [0.15, 0.2) is 48.5 Å². The molecule has 0 aliphatic heterocycles. The van der Waals surface area contributed by atoms with E-state index in [4.69, 9.17) is 4.74 Å². The Kier molecular flexibility index (Phi) is 6.39. The maximum Gasteiger partial charge on any atom is 0.119 e. The molecular formula is C24H35NO. The fourth-order valence-corrected chi connectivity index (χ4v) is 3.57. The Labute approximate surface area is 160 Å². The molecule has 2 nitrogen and oxygen atoms in total. The Morgan fingerprint density at radius 2 is 1.54 bits per heavy atom. The van der Waals surface area contributed by atoms with Gasteiger partial charge in [0, 0.05) is 16.9 Å². The molecule has 0 amide bonds. The van der Waals surface area contributed by atoms with Crippen molar-refractivity contribution in [3.8, 4) is 5.75 Å². The van der Waals surface area contributed by atoms with Gasteiger partial charge in [-0.2, -0.15) is 0 Å². The van der Waals surface area contributed by atoms with Gasteiger partial charge in [0.05, 0.1) is 7.11 Å². The predicted octanol–water partition coefficient (Wildman–Crippen LogP) is 7.10.